The Balaban J connectivity index is 2.92. The number of aromatic nitrogens is 1. The molecule has 0 bridgehead atoms. The van der Waals surface area contributed by atoms with Crippen LogP contribution < -0.4 is 9.44 Å². The molecule has 0 atom stereocenters. The zero-order valence-corrected chi connectivity index (χ0v) is 9.38. The highest BCUT2D eigenvalue weighted by atomic mass is 32.2. The molecule has 0 radical (unpaired) electrons. The molecule has 0 spiro atoms. The van der Waals surface area contributed by atoms with Crippen LogP contribution in [0.1, 0.15) is 0 Å². The highest BCUT2D eigenvalue weighted by Crippen LogP contribution is 2.09. The Hall–Kier alpha value is -1.35. The van der Waals surface area contributed by atoms with Crippen molar-refractivity contribution in [3.8, 4) is 0 Å². The van der Waals surface area contributed by atoms with Crippen molar-refractivity contribution in [3.63, 3.8) is 0 Å². The fourth-order valence-corrected chi connectivity index (χ4v) is 1.64. The Kier molecular flexibility index (Phi) is 3.48. The number of hydrogen-bond acceptors (Lipinski definition) is 5. The normalized spacial score (nSPS) is 11.3. The summed E-state index contributed by atoms with van der Waals surface area (Å²) in [7, 11) is -6.23. The molecular weight excluding hydrogens is 242 g/mol. The molecule has 0 aromatic carbocycles. The van der Waals surface area contributed by atoms with Gasteiger partial charge in [-0.1, -0.05) is 6.07 Å². The predicted octanol–water partition coefficient (Wildman–Crippen LogP) is -0.609. The van der Waals surface area contributed by atoms with Crippen LogP contribution in [0.3, 0.4) is 0 Å². The number of pyridine rings is 1. The van der Waals surface area contributed by atoms with Gasteiger partial charge in [0.25, 0.3) is 0 Å². The molecule has 0 aliphatic heterocycles. The van der Waals surface area contributed by atoms with Crippen LogP contribution in [0.25, 0.3) is 0 Å². The molecule has 0 aliphatic carbocycles. The maximum atomic E-state index is 10.8. The number of anilines is 2. The van der Waals surface area contributed by atoms with E-state index in [1.54, 1.807) is 0 Å². The van der Waals surface area contributed by atoms with Gasteiger partial charge >= 0.3 is 0 Å². The van der Waals surface area contributed by atoms with Gasteiger partial charge in [0.1, 0.15) is 11.6 Å². The molecule has 0 fully saturated rings. The molecule has 1 rings (SSSR count). The summed E-state index contributed by atoms with van der Waals surface area (Å²) in [5.41, 5.74) is 0. The van der Waals surface area contributed by atoms with Crippen LogP contribution in [-0.2, 0) is 20.9 Å². The van der Waals surface area contributed by atoms with Gasteiger partial charge in [-0.2, -0.15) is 0 Å². The fourth-order valence-electron chi connectivity index (χ4n) is 0.837. The van der Waals surface area contributed by atoms with Crippen molar-refractivity contribution >= 4 is 32.5 Å². The third kappa shape index (κ3) is 4.61. The summed E-state index contributed by atoms with van der Waals surface area (Å²) in [6, 6.07) is 4.28. The number of rotatable bonds is 4. The number of nitrogens with one attached hydrogen (secondary N) is 2. The van der Waals surface area contributed by atoms with Gasteiger partial charge in [0, 0.05) is 0 Å². The molecule has 0 amide bonds. The molecule has 0 saturated carbocycles. The number of hydrogen-bond donors (Lipinski definition) is 3. The predicted molar refractivity (Wildman–Crippen MR) is 56.6 cm³/mol. The van der Waals surface area contributed by atoms with Gasteiger partial charge in [-0.15, -0.1) is 0 Å². The van der Waals surface area contributed by atoms with E-state index in [9.17, 15) is 16.8 Å². The number of thiol groups is 1. The van der Waals surface area contributed by atoms with E-state index in [2.05, 4.69) is 9.71 Å². The molecule has 7 nitrogen and oxygen atoms in total. The van der Waals surface area contributed by atoms with Gasteiger partial charge in [0.05, 0.1) is 6.26 Å². The van der Waals surface area contributed by atoms with E-state index < -0.39 is 20.9 Å². The lowest BCUT2D eigenvalue weighted by Gasteiger charge is -2.03. The van der Waals surface area contributed by atoms with Crippen LogP contribution >= 0.6 is 0 Å². The van der Waals surface area contributed by atoms with E-state index in [4.69, 9.17) is 0 Å². The summed E-state index contributed by atoms with van der Waals surface area (Å²) >= 11 is 0. The maximum absolute atomic E-state index is 10.8. The summed E-state index contributed by atoms with van der Waals surface area (Å²) in [6.45, 7) is 0. The first kappa shape index (κ1) is 11.7. The topological polar surface area (TPSA) is 105 Å². The Morgan fingerprint density at radius 3 is 2.40 bits per heavy atom. The Morgan fingerprint density at radius 1 is 1.27 bits per heavy atom. The lowest BCUT2D eigenvalue weighted by atomic mass is 10.4. The Morgan fingerprint density at radius 2 is 1.87 bits per heavy atom. The fraction of sp³-hybridized carbons (Fsp3) is 0.167. The summed E-state index contributed by atoms with van der Waals surface area (Å²) in [5.74, 6) is 0.110. The first-order valence-electron chi connectivity index (χ1n) is 3.73. The third-order valence-corrected chi connectivity index (χ3v) is 2.24. The second-order valence-electron chi connectivity index (χ2n) is 2.65. The van der Waals surface area contributed by atoms with E-state index in [0.717, 1.165) is 6.26 Å². The minimum Gasteiger partial charge on any atom is -0.270 e. The smallest absolute Gasteiger partial charge is 0.230 e. The van der Waals surface area contributed by atoms with E-state index in [1.165, 1.54) is 18.2 Å². The van der Waals surface area contributed by atoms with Crippen molar-refractivity contribution in [1.82, 2.24) is 4.98 Å². The molecule has 0 unspecified atom stereocenters. The largest absolute Gasteiger partial charge is 0.270 e. The second kappa shape index (κ2) is 4.45. The summed E-state index contributed by atoms with van der Waals surface area (Å²) in [4.78, 5) is 3.71. The average Bonchev–Trinajstić information content (AvgIpc) is 1.99. The summed E-state index contributed by atoms with van der Waals surface area (Å²) in [5, 5.41) is 0. The molecule has 0 aliphatic rings. The molecular formula is C6H9N3O4S2. The lowest BCUT2D eigenvalue weighted by Crippen LogP contribution is -2.11. The minimum atomic E-state index is -3.41. The van der Waals surface area contributed by atoms with Crippen molar-refractivity contribution in [2.24, 2.45) is 0 Å². The zero-order chi connectivity index (χ0) is 11.5. The van der Waals surface area contributed by atoms with Gasteiger partial charge < -0.3 is 0 Å². The maximum Gasteiger partial charge on any atom is 0.230 e. The third-order valence-electron chi connectivity index (χ3n) is 1.24. The van der Waals surface area contributed by atoms with Gasteiger partial charge in [-0.25, -0.2) is 21.8 Å². The van der Waals surface area contributed by atoms with Crippen molar-refractivity contribution in [3.05, 3.63) is 18.2 Å². The summed E-state index contributed by atoms with van der Waals surface area (Å²) < 4.78 is 46.5. The standard InChI is InChI=1S/C6H9N3O4S2/c1-15(12,13)9-6-4-2-3-5(7-6)8-14(10)11/h2-4,14H,1H3,(H2,7,8,9,10,11). The molecule has 84 valence electrons. The van der Waals surface area contributed by atoms with Crippen molar-refractivity contribution in [2.75, 3.05) is 15.7 Å². The van der Waals surface area contributed by atoms with Gasteiger partial charge in [0.2, 0.25) is 20.9 Å². The highest BCUT2D eigenvalue weighted by Gasteiger charge is 2.03. The second-order valence-corrected chi connectivity index (χ2v) is 5.14. The lowest BCUT2D eigenvalue weighted by molar-refractivity contribution is 0.606. The molecule has 1 aromatic rings. The van der Waals surface area contributed by atoms with E-state index in [0.29, 0.717) is 0 Å². The Bertz CT molecular complexity index is 515. The first-order valence-corrected chi connectivity index (χ1v) is 6.79. The highest BCUT2D eigenvalue weighted by molar-refractivity contribution is 7.92. The van der Waals surface area contributed by atoms with Gasteiger partial charge in [-0.05, 0) is 12.1 Å². The first-order chi connectivity index (χ1) is 6.87. The zero-order valence-electron chi connectivity index (χ0n) is 7.67. The molecule has 9 heteroatoms. The van der Waals surface area contributed by atoms with E-state index >= 15 is 0 Å². The number of sulfonamides is 1. The SMILES string of the molecule is CS(=O)(=O)Nc1cccc(N[SH](=O)=O)n1. The molecule has 1 heterocycles. The van der Waals surface area contributed by atoms with Crippen molar-refractivity contribution in [1.29, 1.82) is 0 Å². The van der Waals surface area contributed by atoms with Crippen LogP contribution in [0.5, 0.6) is 0 Å². The average molecular weight is 251 g/mol. The van der Waals surface area contributed by atoms with Crippen LogP contribution in [-0.4, -0.2) is 28.1 Å². The molecule has 1 aromatic heterocycles. The van der Waals surface area contributed by atoms with E-state index in [-0.39, 0.29) is 11.6 Å². The van der Waals surface area contributed by atoms with Crippen LogP contribution in [0.4, 0.5) is 11.6 Å². The minimum absolute atomic E-state index is 0.0550. The van der Waals surface area contributed by atoms with Crippen LogP contribution in [0.2, 0.25) is 0 Å². The van der Waals surface area contributed by atoms with Crippen molar-refractivity contribution < 1.29 is 16.8 Å². The van der Waals surface area contributed by atoms with Crippen molar-refractivity contribution in [2.45, 2.75) is 0 Å². The van der Waals surface area contributed by atoms with Crippen LogP contribution in [0, 0.1) is 0 Å². The Labute approximate surface area is 88.7 Å². The molecule has 2 N–H and O–H groups in total. The monoisotopic (exact) mass is 251 g/mol. The summed E-state index contributed by atoms with van der Waals surface area (Å²) in [6.07, 6.45) is 0.975. The quantitative estimate of drug-likeness (QED) is 0.619. The molecule has 0 saturated heterocycles. The van der Waals surface area contributed by atoms with Gasteiger partial charge in [0.15, 0.2) is 0 Å². The van der Waals surface area contributed by atoms with Gasteiger partial charge in [-0.3, -0.25) is 9.44 Å². The van der Waals surface area contributed by atoms with E-state index in [1.807, 2.05) is 4.72 Å². The number of nitrogens with zero attached hydrogens (tertiary/aromatic N) is 1. The van der Waals surface area contributed by atoms with Crippen LogP contribution in [0.15, 0.2) is 18.2 Å². The molecule has 15 heavy (non-hydrogen) atoms.